The predicted octanol–water partition coefficient (Wildman–Crippen LogP) is 4.20. The van der Waals surface area contributed by atoms with Gasteiger partial charge in [0.1, 0.15) is 0 Å². The number of aldehydes is 1. The molecule has 0 aliphatic heterocycles. The zero-order chi connectivity index (χ0) is 12.3. The third kappa shape index (κ3) is 2.66. The average molecular weight is 246 g/mol. The highest BCUT2D eigenvalue weighted by molar-refractivity contribution is 6.33. The van der Waals surface area contributed by atoms with Crippen molar-refractivity contribution >= 4 is 29.3 Å². The number of para-hydroxylation sites is 1. The maximum atomic E-state index is 10.6. The van der Waals surface area contributed by atoms with Gasteiger partial charge in [-0.2, -0.15) is 0 Å². The molecule has 0 aliphatic carbocycles. The molecule has 0 spiro atoms. The molecular formula is C14H12ClNO. The van der Waals surface area contributed by atoms with Crippen LogP contribution in [0.3, 0.4) is 0 Å². The van der Waals surface area contributed by atoms with E-state index in [9.17, 15) is 4.79 Å². The maximum Gasteiger partial charge on any atom is 0.151 e. The molecule has 0 atom stereocenters. The first-order valence-electron chi connectivity index (χ1n) is 5.28. The van der Waals surface area contributed by atoms with Crippen molar-refractivity contribution in [1.29, 1.82) is 0 Å². The number of carbonyl (C=O) groups is 1. The lowest BCUT2D eigenvalue weighted by molar-refractivity contribution is 0.112. The monoisotopic (exact) mass is 245 g/mol. The van der Waals surface area contributed by atoms with E-state index in [1.165, 1.54) is 0 Å². The Kier molecular flexibility index (Phi) is 3.45. The first-order valence-corrected chi connectivity index (χ1v) is 5.66. The molecule has 0 fully saturated rings. The van der Waals surface area contributed by atoms with Crippen LogP contribution >= 0.6 is 11.6 Å². The van der Waals surface area contributed by atoms with Crippen LogP contribution in [0.4, 0.5) is 11.4 Å². The summed E-state index contributed by atoms with van der Waals surface area (Å²) in [5.41, 5.74) is 3.56. The van der Waals surface area contributed by atoms with Crippen LogP contribution in [0.2, 0.25) is 5.02 Å². The van der Waals surface area contributed by atoms with Gasteiger partial charge in [-0.05, 0) is 36.8 Å². The number of anilines is 2. The zero-order valence-electron chi connectivity index (χ0n) is 9.41. The Hall–Kier alpha value is -1.80. The van der Waals surface area contributed by atoms with Gasteiger partial charge in [0.2, 0.25) is 0 Å². The lowest BCUT2D eigenvalue weighted by atomic mass is 10.2. The summed E-state index contributed by atoms with van der Waals surface area (Å²) in [6, 6.07) is 13.3. The van der Waals surface area contributed by atoms with Crippen LogP contribution in [0.5, 0.6) is 0 Å². The van der Waals surface area contributed by atoms with Crippen molar-refractivity contribution in [3.8, 4) is 0 Å². The second-order valence-electron chi connectivity index (χ2n) is 3.79. The van der Waals surface area contributed by atoms with E-state index in [-0.39, 0.29) is 0 Å². The van der Waals surface area contributed by atoms with Gasteiger partial charge < -0.3 is 5.32 Å². The number of carbonyl (C=O) groups excluding carboxylic acids is 1. The number of benzene rings is 2. The van der Waals surface area contributed by atoms with Crippen molar-refractivity contribution in [2.45, 2.75) is 6.92 Å². The molecule has 3 heteroatoms. The van der Waals surface area contributed by atoms with Crippen LogP contribution < -0.4 is 5.32 Å². The van der Waals surface area contributed by atoms with Crippen molar-refractivity contribution < 1.29 is 4.79 Å². The van der Waals surface area contributed by atoms with Crippen molar-refractivity contribution in [3.05, 3.63) is 58.6 Å². The topological polar surface area (TPSA) is 29.1 Å². The fraction of sp³-hybridized carbons (Fsp3) is 0.0714. The van der Waals surface area contributed by atoms with Crippen LogP contribution in [0.1, 0.15) is 15.9 Å². The molecule has 0 heterocycles. The Morgan fingerprint density at radius 2 is 1.94 bits per heavy atom. The van der Waals surface area contributed by atoms with Gasteiger partial charge >= 0.3 is 0 Å². The molecule has 0 radical (unpaired) electrons. The standard InChI is InChI=1S/C14H12ClNO/c1-10-4-2-3-5-14(10)16-12-7-6-11(9-17)13(15)8-12/h2-9,16H,1H3. The van der Waals surface area contributed by atoms with E-state index in [1.54, 1.807) is 12.1 Å². The third-order valence-electron chi connectivity index (χ3n) is 2.55. The Morgan fingerprint density at radius 3 is 2.59 bits per heavy atom. The molecule has 1 N–H and O–H groups in total. The molecule has 2 rings (SSSR count). The van der Waals surface area contributed by atoms with Gasteiger partial charge in [-0.25, -0.2) is 0 Å². The fourth-order valence-electron chi connectivity index (χ4n) is 1.57. The van der Waals surface area contributed by atoms with E-state index < -0.39 is 0 Å². The summed E-state index contributed by atoms with van der Waals surface area (Å²) < 4.78 is 0. The third-order valence-corrected chi connectivity index (χ3v) is 2.88. The van der Waals surface area contributed by atoms with Gasteiger partial charge in [-0.3, -0.25) is 4.79 Å². The van der Waals surface area contributed by atoms with Crippen molar-refractivity contribution in [2.24, 2.45) is 0 Å². The van der Waals surface area contributed by atoms with E-state index >= 15 is 0 Å². The number of hydrogen-bond donors (Lipinski definition) is 1. The van der Waals surface area contributed by atoms with E-state index in [2.05, 4.69) is 5.32 Å². The van der Waals surface area contributed by atoms with Gasteiger partial charge in [0, 0.05) is 16.9 Å². The van der Waals surface area contributed by atoms with Gasteiger partial charge in [0.25, 0.3) is 0 Å². The SMILES string of the molecule is Cc1ccccc1Nc1ccc(C=O)c(Cl)c1. The molecule has 17 heavy (non-hydrogen) atoms. The minimum atomic E-state index is 0.457. The highest BCUT2D eigenvalue weighted by atomic mass is 35.5. The Balaban J connectivity index is 2.28. The molecule has 2 nitrogen and oxygen atoms in total. The first-order chi connectivity index (χ1) is 8.20. The molecule has 0 amide bonds. The molecule has 0 unspecified atom stereocenters. The summed E-state index contributed by atoms with van der Waals surface area (Å²) in [6.07, 6.45) is 0.750. The highest BCUT2D eigenvalue weighted by Crippen LogP contribution is 2.24. The molecule has 0 bridgehead atoms. The largest absolute Gasteiger partial charge is 0.355 e. The molecule has 86 valence electrons. The van der Waals surface area contributed by atoms with Crippen LogP contribution in [-0.4, -0.2) is 6.29 Å². The lowest BCUT2D eigenvalue weighted by Crippen LogP contribution is -1.93. The number of aryl methyl sites for hydroxylation is 1. The van der Waals surface area contributed by atoms with Crippen molar-refractivity contribution in [2.75, 3.05) is 5.32 Å². The number of hydrogen-bond acceptors (Lipinski definition) is 2. The van der Waals surface area contributed by atoms with Crippen LogP contribution in [0.25, 0.3) is 0 Å². The fourth-order valence-corrected chi connectivity index (χ4v) is 1.79. The van der Waals surface area contributed by atoms with Crippen molar-refractivity contribution in [3.63, 3.8) is 0 Å². The second kappa shape index (κ2) is 5.02. The molecular weight excluding hydrogens is 234 g/mol. The summed E-state index contributed by atoms with van der Waals surface area (Å²) in [7, 11) is 0. The summed E-state index contributed by atoms with van der Waals surface area (Å²) in [6.45, 7) is 2.03. The zero-order valence-corrected chi connectivity index (χ0v) is 10.2. The number of rotatable bonds is 3. The molecule has 0 aromatic heterocycles. The summed E-state index contributed by atoms with van der Waals surface area (Å²) >= 11 is 5.96. The minimum Gasteiger partial charge on any atom is -0.355 e. The summed E-state index contributed by atoms with van der Waals surface area (Å²) in [4.78, 5) is 10.6. The van der Waals surface area contributed by atoms with E-state index in [1.807, 2.05) is 37.3 Å². The van der Waals surface area contributed by atoms with Crippen LogP contribution in [-0.2, 0) is 0 Å². The predicted molar refractivity (Wildman–Crippen MR) is 71.3 cm³/mol. The van der Waals surface area contributed by atoms with E-state index in [0.717, 1.165) is 23.2 Å². The smallest absolute Gasteiger partial charge is 0.151 e. The first kappa shape index (κ1) is 11.7. The lowest BCUT2D eigenvalue weighted by Gasteiger charge is -2.10. The van der Waals surface area contributed by atoms with Gasteiger partial charge in [-0.15, -0.1) is 0 Å². The van der Waals surface area contributed by atoms with Gasteiger partial charge in [-0.1, -0.05) is 29.8 Å². The summed E-state index contributed by atoms with van der Waals surface area (Å²) in [5, 5.41) is 3.72. The average Bonchev–Trinajstić information content (AvgIpc) is 2.32. The van der Waals surface area contributed by atoms with E-state index in [0.29, 0.717) is 10.6 Å². The van der Waals surface area contributed by atoms with Crippen LogP contribution in [0, 0.1) is 6.92 Å². The quantitative estimate of drug-likeness (QED) is 0.821. The molecule has 0 saturated carbocycles. The Bertz CT molecular complexity index is 552. The molecule has 0 saturated heterocycles. The van der Waals surface area contributed by atoms with Crippen LogP contribution in [0.15, 0.2) is 42.5 Å². The number of halogens is 1. The number of nitrogens with one attached hydrogen (secondary N) is 1. The van der Waals surface area contributed by atoms with E-state index in [4.69, 9.17) is 11.6 Å². The second-order valence-corrected chi connectivity index (χ2v) is 4.20. The normalized spacial score (nSPS) is 10.0. The molecule has 2 aromatic rings. The maximum absolute atomic E-state index is 10.6. The van der Waals surface area contributed by atoms with Crippen molar-refractivity contribution in [1.82, 2.24) is 0 Å². The Morgan fingerprint density at radius 1 is 1.18 bits per heavy atom. The van der Waals surface area contributed by atoms with Gasteiger partial charge in [0.15, 0.2) is 6.29 Å². The minimum absolute atomic E-state index is 0.457. The highest BCUT2D eigenvalue weighted by Gasteiger charge is 2.02. The van der Waals surface area contributed by atoms with Gasteiger partial charge in [0.05, 0.1) is 5.02 Å². The Labute approximate surface area is 105 Å². The molecule has 2 aromatic carbocycles. The molecule has 0 aliphatic rings. The summed E-state index contributed by atoms with van der Waals surface area (Å²) in [5.74, 6) is 0.